The number of anilines is 3. The highest BCUT2D eigenvalue weighted by Crippen LogP contribution is 2.31. The monoisotopic (exact) mass is 334 g/mol. The first-order valence-corrected chi connectivity index (χ1v) is 7.12. The van der Waals surface area contributed by atoms with Gasteiger partial charge in [-0.05, 0) is 26.8 Å². The summed E-state index contributed by atoms with van der Waals surface area (Å²) in [6, 6.07) is 5.22. The van der Waals surface area contributed by atoms with E-state index in [-0.39, 0.29) is 28.7 Å². The molecule has 1 amide bonds. The number of nitrogens with one attached hydrogen (secondary N) is 1. The van der Waals surface area contributed by atoms with E-state index in [2.05, 4.69) is 10.3 Å². The quantitative estimate of drug-likeness (QED) is 0.791. The molecule has 0 bridgehead atoms. The Balaban J connectivity index is 2.19. The first-order chi connectivity index (χ1) is 11.1. The molecule has 1 aromatic carbocycles. The molecule has 8 heteroatoms. The molecular weight excluding hydrogens is 315 g/mol. The first kappa shape index (κ1) is 17.3. The number of pyridine rings is 1. The van der Waals surface area contributed by atoms with Gasteiger partial charge in [-0.3, -0.25) is 5.32 Å². The van der Waals surface area contributed by atoms with Crippen LogP contribution in [0.25, 0.3) is 0 Å². The highest BCUT2D eigenvalue weighted by molar-refractivity contribution is 5.85. The van der Waals surface area contributed by atoms with Gasteiger partial charge in [0.15, 0.2) is 5.75 Å². The Bertz CT molecular complexity index is 759. The molecule has 2 aromatic rings. The lowest BCUT2D eigenvalue weighted by Gasteiger charge is -2.19. The van der Waals surface area contributed by atoms with Crippen LogP contribution in [0.3, 0.4) is 0 Å². The molecule has 0 aliphatic carbocycles. The van der Waals surface area contributed by atoms with Crippen LogP contribution in [0.15, 0.2) is 30.5 Å². The maximum atomic E-state index is 13.8. The highest BCUT2D eigenvalue weighted by Gasteiger charge is 2.17. The van der Waals surface area contributed by atoms with Crippen LogP contribution < -0.4 is 21.5 Å². The van der Waals surface area contributed by atoms with Crippen LogP contribution in [0.4, 0.5) is 26.4 Å². The van der Waals surface area contributed by atoms with Crippen LogP contribution in [0.1, 0.15) is 20.8 Å². The van der Waals surface area contributed by atoms with Crippen LogP contribution in [0.5, 0.6) is 11.5 Å². The minimum Gasteiger partial charge on any atom is -0.455 e. The molecule has 0 radical (unpaired) electrons. The lowest BCUT2D eigenvalue weighted by molar-refractivity contribution is 0.0636. The Kier molecular flexibility index (Phi) is 4.77. The lowest BCUT2D eigenvalue weighted by atomic mass is 10.2. The van der Waals surface area contributed by atoms with Gasteiger partial charge < -0.3 is 20.9 Å². The van der Waals surface area contributed by atoms with E-state index in [1.54, 1.807) is 20.8 Å². The Hall–Kier alpha value is -3.03. The number of aromatic nitrogens is 1. The number of ether oxygens (including phenoxy) is 2. The summed E-state index contributed by atoms with van der Waals surface area (Å²) in [5, 5.41) is 2.44. The number of carbonyl (C=O) groups excluding carboxylic acids is 1. The van der Waals surface area contributed by atoms with Crippen LogP contribution in [0.2, 0.25) is 0 Å². The van der Waals surface area contributed by atoms with E-state index >= 15 is 0 Å². The molecule has 0 atom stereocenters. The number of hydrogen-bond donors (Lipinski definition) is 3. The van der Waals surface area contributed by atoms with Gasteiger partial charge in [-0.15, -0.1) is 0 Å². The fourth-order valence-electron chi connectivity index (χ4n) is 1.80. The average molecular weight is 334 g/mol. The molecule has 7 nitrogen and oxygen atoms in total. The second-order valence-electron chi connectivity index (χ2n) is 6.01. The van der Waals surface area contributed by atoms with Crippen molar-refractivity contribution in [3.63, 3.8) is 0 Å². The topological polar surface area (TPSA) is 112 Å². The van der Waals surface area contributed by atoms with Gasteiger partial charge in [-0.25, -0.2) is 14.2 Å². The molecule has 1 aromatic heterocycles. The van der Waals surface area contributed by atoms with Crippen molar-refractivity contribution in [2.75, 3.05) is 16.8 Å². The Morgan fingerprint density at radius 2 is 1.96 bits per heavy atom. The van der Waals surface area contributed by atoms with Crippen LogP contribution in [-0.2, 0) is 4.74 Å². The minimum absolute atomic E-state index is 0.107. The van der Waals surface area contributed by atoms with Crippen LogP contribution >= 0.6 is 0 Å². The van der Waals surface area contributed by atoms with E-state index in [1.165, 1.54) is 18.3 Å². The zero-order chi connectivity index (χ0) is 17.9. The number of nitrogens with two attached hydrogens (primary N) is 2. The van der Waals surface area contributed by atoms with Crippen molar-refractivity contribution >= 4 is 23.3 Å². The third-order valence-electron chi connectivity index (χ3n) is 2.73. The van der Waals surface area contributed by atoms with Gasteiger partial charge in [0, 0.05) is 24.4 Å². The smallest absolute Gasteiger partial charge is 0.412 e. The Morgan fingerprint density at radius 1 is 1.25 bits per heavy atom. The third kappa shape index (κ3) is 4.73. The van der Waals surface area contributed by atoms with Crippen molar-refractivity contribution in [1.29, 1.82) is 0 Å². The van der Waals surface area contributed by atoms with Gasteiger partial charge in [-0.1, -0.05) is 0 Å². The summed E-state index contributed by atoms with van der Waals surface area (Å²) >= 11 is 0. The Labute approximate surface area is 138 Å². The summed E-state index contributed by atoms with van der Waals surface area (Å²) in [7, 11) is 0. The molecule has 0 fully saturated rings. The first-order valence-electron chi connectivity index (χ1n) is 7.12. The van der Waals surface area contributed by atoms with E-state index in [4.69, 9.17) is 20.9 Å². The maximum Gasteiger partial charge on any atom is 0.412 e. The molecule has 2 rings (SSSR count). The van der Waals surface area contributed by atoms with Crippen molar-refractivity contribution in [2.45, 2.75) is 26.4 Å². The van der Waals surface area contributed by atoms with E-state index < -0.39 is 17.5 Å². The standard InChI is InChI=1S/C16H19FN4O3/c1-16(2,3)24-15(22)21-10-6-9(17)7-11(8-10)23-12-4-5-20-14(19)13(12)18/h4-8H,18H2,1-3H3,(H2,19,20)(H,21,22). The largest absolute Gasteiger partial charge is 0.455 e. The van der Waals surface area contributed by atoms with E-state index in [0.29, 0.717) is 0 Å². The SMILES string of the molecule is CC(C)(C)OC(=O)Nc1cc(F)cc(Oc2ccnc(N)c2N)c1. The summed E-state index contributed by atoms with van der Waals surface area (Å²) in [6.45, 7) is 5.18. The summed E-state index contributed by atoms with van der Waals surface area (Å²) < 4.78 is 24.4. The van der Waals surface area contributed by atoms with Crippen molar-refractivity contribution < 1.29 is 18.7 Å². The summed E-state index contributed by atoms with van der Waals surface area (Å²) in [5.41, 5.74) is 11.0. The number of rotatable bonds is 3. The molecule has 5 N–H and O–H groups in total. The fraction of sp³-hybridized carbons (Fsp3) is 0.250. The van der Waals surface area contributed by atoms with Gasteiger partial charge in [0.1, 0.15) is 28.7 Å². The predicted molar refractivity (Wildman–Crippen MR) is 89.4 cm³/mol. The zero-order valence-corrected chi connectivity index (χ0v) is 13.6. The number of benzene rings is 1. The molecule has 0 saturated heterocycles. The van der Waals surface area contributed by atoms with Gasteiger partial charge in [-0.2, -0.15) is 0 Å². The molecule has 0 aliphatic heterocycles. The van der Waals surface area contributed by atoms with Gasteiger partial charge in [0.25, 0.3) is 0 Å². The number of nitrogen functional groups attached to an aromatic ring is 2. The molecule has 0 saturated carbocycles. The molecule has 0 aliphatic rings. The van der Waals surface area contributed by atoms with E-state index in [9.17, 15) is 9.18 Å². The third-order valence-corrected chi connectivity index (χ3v) is 2.73. The second-order valence-corrected chi connectivity index (χ2v) is 6.01. The number of nitrogens with zero attached hydrogens (tertiary/aromatic N) is 1. The number of halogens is 1. The van der Waals surface area contributed by atoms with E-state index in [1.807, 2.05) is 0 Å². The summed E-state index contributed by atoms with van der Waals surface area (Å²) in [5.74, 6) is -0.121. The average Bonchev–Trinajstić information content (AvgIpc) is 2.41. The van der Waals surface area contributed by atoms with Gasteiger partial charge in [0.2, 0.25) is 0 Å². The maximum absolute atomic E-state index is 13.8. The fourth-order valence-corrected chi connectivity index (χ4v) is 1.80. The molecule has 1 heterocycles. The molecule has 0 spiro atoms. The van der Waals surface area contributed by atoms with E-state index in [0.717, 1.165) is 12.1 Å². The van der Waals surface area contributed by atoms with Crippen LogP contribution in [-0.4, -0.2) is 16.7 Å². The normalized spacial score (nSPS) is 11.0. The van der Waals surface area contributed by atoms with Gasteiger partial charge >= 0.3 is 6.09 Å². The molecule has 0 unspecified atom stereocenters. The molecule has 128 valence electrons. The van der Waals surface area contributed by atoms with Crippen molar-refractivity contribution in [3.05, 3.63) is 36.3 Å². The van der Waals surface area contributed by atoms with Crippen LogP contribution in [0, 0.1) is 5.82 Å². The molecule has 24 heavy (non-hydrogen) atoms. The number of amides is 1. The van der Waals surface area contributed by atoms with Crippen molar-refractivity contribution in [2.24, 2.45) is 0 Å². The predicted octanol–water partition coefficient (Wildman–Crippen LogP) is 3.52. The number of carbonyl (C=O) groups is 1. The van der Waals surface area contributed by atoms with Crippen molar-refractivity contribution in [1.82, 2.24) is 4.98 Å². The molecular formula is C16H19FN4O3. The Morgan fingerprint density at radius 3 is 2.62 bits per heavy atom. The number of hydrogen-bond acceptors (Lipinski definition) is 6. The minimum atomic E-state index is -0.702. The zero-order valence-electron chi connectivity index (χ0n) is 13.6. The highest BCUT2D eigenvalue weighted by atomic mass is 19.1. The van der Waals surface area contributed by atoms with Crippen molar-refractivity contribution in [3.8, 4) is 11.5 Å². The summed E-state index contributed by atoms with van der Waals surface area (Å²) in [4.78, 5) is 15.6. The summed E-state index contributed by atoms with van der Waals surface area (Å²) in [6.07, 6.45) is 0.715. The lowest BCUT2D eigenvalue weighted by Crippen LogP contribution is -2.27. The second kappa shape index (κ2) is 6.61. The van der Waals surface area contributed by atoms with Gasteiger partial charge in [0.05, 0.1) is 5.69 Å².